The Morgan fingerprint density at radius 1 is 1.43 bits per heavy atom. The Labute approximate surface area is 138 Å². The topological polar surface area (TPSA) is 118 Å². The van der Waals surface area contributed by atoms with Gasteiger partial charge in [0.15, 0.2) is 0 Å². The van der Waals surface area contributed by atoms with Gasteiger partial charge in [-0.1, -0.05) is 31.0 Å². The van der Waals surface area contributed by atoms with Crippen molar-refractivity contribution in [1.82, 2.24) is 19.8 Å². The van der Waals surface area contributed by atoms with Crippen molar-refractivity contribution in [2.24, 2.45) is 0 Å². The van der Waals surface area contributed by atoms with E-state index in [0.717, 1.165) is 35.7 Å². The van der Waals surface area contributed by atoms with Gasteiger partial charge in [-0.25, -0.2) is 0 Å². The molecule has 1 saturated carbocycles. The Hall–Kier alpha value is -2.08. The molecule has 0 bridgehead atoms. The van der Waals surface area contributed by atoms with Crippen LogP contribution in [0.25, 0.3) is 0 Å². The molecule has 1 aliphatic rings. The molecule has 23 heavy (non-hydrogen) atoms. The minimum Gasteiger partial charge on any atom is -0.334 e. The van der Waals surface area contributed by atoms with Crippen LogP contribution in [0.3, 0.4) is 0 Å². The van der Waals surface area contributed by atoms with Crippen LogP contribution >= 0.6 is 11.8 Å². The van der Waals surface area contributed by atoms with Gasteiger partial charge in [-0.15, -0.1) is 10.2 Å². The molecular weight excluding hydrogens is 316 g/mol. The first kappa shape index (κ1) is 17.3. The van der Waals surface area contributed by atoms with Crippen molar-refractivity contribution in [2.45, 2.75) is 49.7 Å². The van der Waals surface area contributed by atoms with Crippen molar-refractivity contribution in [3.63, 3.8) is 0 Å². The normalized spacial score (nSPS) is 16.6. The number of nitriles is 1. The highest BCUT2D eigenvalue weighted by molar-refractivity contribution is 7.99. The third kappa shape index (κ3) is 3.47. The van der Waals surface area contributed by atoms with Crippen LogP contribution in [-0.4, -0.2) is 44.0 Å². The third-order valence-corrected chi connectivity index (χ3v) is 5.18. The summed E-state index contributed by atoms with van der Waals surface area (Å²) < 4.78 is 0.890. The predicted molar refractivity (Wildman–Crippen MR) is 86.1 cm³/mol. The second-order valence-corrected chi connectivity index (χ2v) is 6.63. The van der Waals surface area contributed by atoms with Crippen molar-refractivity contribution in [3.8, 4) is 6.07 Å². The van der Waals surface area contributed by atoms with E-state index < -0.39 is 11.1 Å². The maximum Gasteiger partial charge on any atom is 0.294 e. The number of nitrogen functional groups attached to an aromatic ring is 1. The van der Waals surface area contributed by atoms with Crippen LogP contribution in [0.4, 0.5) is 0 Å². The van der Waals surface area contributed by atoms with Crippen molar-refractivity contribution in [3.05, 3.63) is 16.0 Å². The van der Waals surface area contributed by atoms with E-state index in [2.05, 4.69) is 16.3 Å². The minimum atomic E-state index is -0.725. The zero-order chi connectivity index (χ0) is 17.0. The molecule has 8 nitrogen and oxygen atoms in total. The molecule has 2 rings (SSSR count). The molecule has 9 heteroatoms. The molecule has 1 amide bonds. The Morgan fingerprint density at radius 3 is 2.70 bits per heavy atom. The van der Waals surface area contributed by atoms with Crippen molar-refractivity contribution in [2.75, 3.05) is 18.6 Å². The van der Waals surface area contributed by atoms with Gasteiger partial charge in [0.25, 0.3) is 5.56 Å². The second-order valence-electron chi connectivity index (χ2n) is 5.69. The molecule has 0 unspecified atom stereocenters. The van der Waals surface area contributed by atoms with Gasteiger partial charge < -0.3 is 10.7 Å². The summed E-state index contributed by atoms with van der Waals surface area (Å²) in [5.74, 6) is 5.51. The number of hydrogen-bond donors (Lipinski definition) is 1. The Morgan fingerprint density at radius 2 is 2.09 bits per heavy atom. The molecule has 124 valence electrons. The molecule has 1 aromatic heterocycles. The van der Waals surface area contributed by atoms with Crippen LogP contribution in [0.1, 0.15) is 37.8 Å². The van der Waals surface area contributed by atoms with E-state index in [0.29, 0.717) is 12.8 Å². The summed E-state index contributed by atoms with van der Waals surface area (Å²) >= 11 is 1.04. The first-order valence-corrected chi connectivity index (χ1v) is 8.42. The van der Waals surface area contributed by atoms with Crippen LogP contribution in [-0.2, 0) is 4.79 Å². The lowest BCUT2D eigenvalue weighted by molar-refractivity contribution is -0.131. The lowest BCUT2D eigenvalue weighted by atomic mass is 9.81. The Balaban J connectivity index is 2.06. The summed E-state index contributed by atoms with van der Waals surface area (Å²) in [6, 6.07) is 2.31. The maximum atomic E-state index is 12.4. The van der Waals surface area contributed by atoms with E-state index in [1.165, 1.54) is 11.8 Å². The largest absolute Gasteiger partial charge is 0.334 e. The first-order chi connectivity index (χ1) is 10.9. The molecule has 2 N–H and O–H groups in total. The highest BCUT2D eigenvalue weighted by Gasteiger charge is 2.38. The standard InChI is InChI=1S/C14H20N6O2S/c1-10-12(22)20(16)13(18-17-10)23-8-11(21)19(2)14(9-15)6-4-3-5-7-14/h3-8,16H2,1-2H3. The number of thioether (sulfide) groups is 1. The first-order valence-electron chi connectivity index (χ1n) is 7.43. The van der Waals surface area contributed by atoms with E-state index in [-0.39, 0.29) is 22.5 Å². The highest BCUT2D eigenvalue weighted by Crippen LogP contribution is 2.32. The van der Waals surface area contributed by atoms with E-state index in [4.69, 9.17) is 5.84 Å². The lowest BCUT2D eigenvalue weighted by Crippen LogP contribution is -2.50. The molecule has 0 aliphatic heterocycles. The molecule has 0 saturated heterocycles. The number of carbonyl (C=O) groups is 1. The molecule has 0 radical (unpaired) electrons. The van der Waals surface area contributed by atoms with Crippen LogP contribution in [0, 0.1) is 18.3 Å². The van der Waals surface area contributed by atoms with Gasteiger partial charge in [0.1, 0.15) is 11.2 Å². The Kier molecular flexibility index (Phi) is 5.26. The molecule has 1 aliphatic carbocycles. The van der Waals surface area contributed by atoms with Crippen LogP contribution in [0.15, 0.2) is 9.95 Å². The fourth-order valence-electron chi connectivity index (χ4n) is 2.69. The predicted octanol–water partition coefficient (Wildman–Crippen LogP) is 0.437. The monoisotopic (exact) mass is 336 g/mol. The summed E-state index contributed by atoms with van der Waals surface area (Å²) in [6.07, 6.45) is 4.39. The fraction of sp³-hybridized carbons (Fsp3) is 0.643. The number of carbonyl (C=O) groups excluding carboxylic acids is 1. The molecule has 0 spiro atoms. The van der Waals surface area contributed by atoms with Gasteiger partial charge in [-0.05, 0) is 19.8 Å². The number of nitrogens with two attached hydrogens (primary N) is 1. The van der Waals surface area contributed by atoms with Crippen LogP contribution < -0.4 is 11.4 Å². The van der Waals surface area contributed by atoms with Gasteiger partial charge in [0.05, 0.1) is 11.8 Å². The SMILES string of the molecule is Cc1nnc(SCC(=O)N(C)C2(C#N)CCCCC2)n(N)c1=O. The number of amides is 1. The van der Waals surface area contributed by atoms with Gasteiger partial charge in [-0.3, -0.25) is 9.59 Å². The van der Waals surface area contributed by atoms with Gasteiger partial charge >= 0.3 is 0 Å². The smallest absolute Gasteiger partial charge is 0.294 e. The molecular formula is C14H20N6O2S. The summed E-state index contributed by atoms with van der Waals surface area (Å²) in [5, 5.41) is 17.3. The summed E-state index contributed by atoms with van der Waals surface area (Å²) in [5.41, 5.74) is -0.966. The van der Waals surface area contributed by atoms with Crippen LogP contribution in [0.2, 0.25) is 0 Å². The van der Waals surface area contributed by atoms with E-state index >= 15 is 0 Å². The lowest BCUT2D eigenvalue weighted by Gasteiger charge is -2.39. The maximum absolute atomic E-state index is 12.4. The van der Waals surface area contributed by atoms with Crippen molar-refractivity contribution in [1.29, 1.82) is 5.26 Å². The average Bonchev–Trinajstić information content (AvgIpc) is 2.58. The van der Waals surface area contributed by atoms with Crippen LogP contribution in [0.5, 0.6) is 0 Å². The molecule has 0 aromatic carbocycles. The number of aromatic nitrogens is 3. The molecule has 0 atom stereocenters. The van der Waals surface area contributed by atoms with Crippen molar-refractivity contribution >= 4 is 17.7 Å². The number of rotatable bonds is 4. The number of aryl methyl sites for hydroxylation is 1. The Bertz CT molecular complexity index is 689. The highest BCUT2D eigenvalue weighted by atomic mass is 32.2. The zero-order valence-corrected chi connectivity index (χ0v) is 14.1. The number of hydrogen-bond acceptors (Lipinski definition) is 7. The quantitative estimate of drug-likeness (QED) is 0.626. The van der Waals surface area contributed by atoms with Gasteiger partial charge in [-0.2, -0.15) is 9.94 Å². The zero-order valence-electron chi connectivity index (χ0n) is 13.3. The van der Waals surface area contributed by atoms with Crippen molar-refractivity contribution < 1.29 is 4.79 Å². The second kappa shape index (κ2) is 7.00. The van der Waals surface area contributed by atoms with E-state index in [9.17, 15) is 14.9 Å². The summed E-state index contributed by atoms with van der Waals surface area (Å²) in [7, 11) is 1.66. The fourth-order valence-corrected chi connectivity index (χ4v) is 3.46. The number of nitrogens with zero attached hydrogens (tertiary/aromatic N) is 5. The minimum absolute atomic E-state index is 0.0499. The summed E-state index contributed by atoms with van der Waals surface area (Å²) in [6.45, 7) is 1.52. The summed E-state index contributed by atoms with van der Waals surface area (Å²) in [4.78, 5) is 25.6. The molecule has 1 fully saturated rings. The van der Waals surface area contributed by atoms with E-state index in [1.54, 1.807) is 7.05 Å². The van der Waals surface area contributed by atoms with Gasteiger partial charge in [0, 0.05) is 7.05 Å². The molecule has 1 aromatic rings. The van der Waals surface area contributed by atoms with E-state index in [1.807, 2.05) is 0 Å². The third-order valence-electron chi connectivity index (χ3n) is 4.25. The average molecular weight is 336 g/mol. The molecule has 1 heterocycles. The van der Waals surface area contributed by atoms with Gasteiger partial charge in [0.2, 0.25) is 11.1 Å².